The van der Waals surface area contributed by atoms with Crippen molar-refractivity contribution in [2.75, 3.05) is 20.3 Å². The summed E-state index contributed by atoms with van der Waals surface area (Å²) in [6.07, 6.45) is 3.54. The molecule has 2 amide bonds. The number of hydrogen-bond acceptors (Lipinski definition) is 6. The van der Waals surface area contributed by atoms with E-state index in [9.17, 15) is 9.59 Å². The van der Waals surface area contributed by atoms with E-state index in [0.29, 0.717) is 36.0 Å². The van der Waals surface area contributed by atoms with Gasteiger partial charge in [-0.15, -0.1) is 0 Å². The molecular weight excluding hydrogens is 434 g/mol. The van der Waals surface area contributed by atoms with Crippen LogP contribution >= 0.6 is 0 Å². The van der Waals surface area contributed by atoms with E-state index in [1.165, 1.54) is 6.21 Å². The molecule has 8 nitrogen and oxygen atoms in total. The lowest BCUT2D eigenvalue weighted by atomic mass is 10.0. The maximum absolute atomic E-state index is 12.7. The fraction of sp³-hybridized carbons (Fsp3) is 0.423. The monoisotopic (exact) mass is 469 g/mol. The number of carbonyl (C=O) groups is 2. The van der Waals surface area contributed by atoms with E-state index in [-0.39, 0.29) is 11.8 Å². The molecule has 0 aliphatic carbocycles. The first-order chi connectivity index (χ1) is 16.4. The molecule has 0 bridgehead atoms. The first kappa shape index (κ1) is 26.7. The highest BCUT2D eigenvalue weighted by Crippen LogP contribution is 2.28. The molecule has 0 radical (unpaired) electrons. The molecule has 184 valence electrons. The number of methoxy groups -OCH3 is 1. The van der Waals surface area contributed by atoms with Gasteiger partial charge < -0.3 is 19.5 Å². The van der Waals surface area contributed by atoms with Crippen LogP contribution in [0.4, 0.5) is 0 Å². The van der Waals surface area contributed by atoms with Crippen LogP contribution < -0.4 is 25.0 Å². The molecule has 0 fully saturated rings. The van der Waals surface area contributed by atoms with Crippen molar-refractivity contribution in [3.8, 4) is 17.2 Å². The predicted molar refractivity (Wildman–Crippen MR) is 133 cm³/mol. The van der Waals surface area contributed by atoms with Crippen molar-refractivity contribution in [3.63, 3.8) is 0 Å². The highest BCUT2D eigenvalue weighted by Gasteiger charge is 2.24. The Hall–Kier alpha value is -3.55. The number of hydrogen-bond donors (Lipinski definition) is 2. The summed E-state index contributed by atoms with van der Waals surface area (Å²) in [6.45, 7) is 8.85. The maximum atomic E-state index is 12.7. The quantitative estimate of drug-likeness (QED) is 0.261. The largest absolute Gasteiger partial charge is 0.497 e. The third-order valence-corrected chi connectivity index (χ3v) is 5.00. The van der Waals surface area contributed by atoms with E-state index in [0.717, 1.165) is 18.4 Å². The second-order valence-electron chi connectivity index (χ2n) is 8.00. The third kappa shape index (κ3) is 8.10. The Kier molecular flexibility index (Phi) is 10.9. The zero-order valence-corrected chi connectivity index (χ0v) is 20.6. The number of nitrogens with zero attached hydrogens (tertiary/aromatic N) is 1. The van der Waals surface area contributed by atoms with E-state index in [1.54, 1.807) is 31.4 Å². The molecule has 8 heteroatoms. The summed E-state index contributed by atoms with van der Waals surface area (Å²) < 4.78 is 16.6. The molecule has 0 aliphatic rings. The number of rotatable bonds is 13. The van der Waals surface area contributed by atoms with Gasteiger partial charge in [0, 0.05) is 5.56 Å². The Morgan fingerprint density at radius 1 is 1.03 bits per heavy atom. The minimum absolute atomic E-state index is 0.137. The van der Waals surface area contributed by atoms with Gasteiger partial charge in [0.15, 0.2) is 11.5 Å². The average molecular weight is 470 g/mol. The van der Waals surface area contributed by atoms with E-state index in [4.69, 9.17) is 14.2 Å². The number of nitrogens with one attached hydrogen (secondary N) is 2. The summed E-state index contributed by atoms with van der Waals surface area (Å²) in [5.41, 5.74) is 3.70. The molecule has 0 saturated carbocycles. The number of ether oxygens (including phenoxy) is 3. The van der Waals surface area contributed by atoms with Gasteiger partial charge in [-0.1, -0.05) is 27.2 Å². The van der Waals surface area contributed by atoms with Gasteiger partial charge in [0.1, 0.15) is 11.8 Å². The van der Waals surface area contributed by atoms with Crippen molar-refractivity contribution in [2.24, 2.45) is 11.0 Å². The molecule has 0 heterocycles. The second-order valence-corrected chi connectivity index (χ2v) is 8.00. The van der Waals surface area contributed by atoms with Crippen molar-refractivity contribution >= 4 is 18.0 Å². The lowest BCUT2D eigenvalue weighted by Gasteiger charge is -2.20. The molecule has 2 N–H and O–H groups in total. The fourth-order valence-corrected chi connectivity index (χ4v) is 3.06. The van der Waals surface area contributed by atoms with Crippen LogP contribution in [0.15, 0.2) is 47.6 Å². The van der Waals surface area contributed by atoms with E-state index >= 15 is 0 Å². The van der Waals surface area contributed by atoms with Crippen LogP contribution in [0.2, 0.25) is 0 Å². The number of benzene rings is 2. The summed E-state index contributed by atoms with van der Waals surface area (Å²) in [5.74, 6) is 1.06. The van der Waals surface area contributed by atoms with Crippen LogP contribution in [-0.2, 0) is 4.79 Å². The Balaban J connectivity index is 2.02. The fourth-order valence-electron chi connectivity index (χ4n) is 3.06. The van der Waals surface area contributed by atoms with Crippen LogP contribution in [0.1, 0.15) is 56.5 Å². The van der Waals surface area contributed by atoms with Gasteiger partial charge in [-0.3, -0.25) is 9.59 Å². The Bertz CT molecular complexity index is 957. The predicted octanol–water partition coefficient (Wildman–Crippen LogP) is 4.18. The molecule has 2 aromatic rings. The number of carbonyl (C=O) groups excluding carboxylic acids is 2. The molecule has 0 aromatic heterocycles. The Morgan fingerprint density at radius 2 is 1.76 bits per heavy atom. The van der Waals surface area contributed by atoms with Gasteiger partial charge in [0.2, 0.25) is 0 Å². The molecule has 1 unspecified atom stereocenters. The van der Waals surface area contributed by atoms with Crippen LogP contribution in [0.3, 0.4) is 0 Å². The van der Waals surface area contributed by atoms with E-state index in [1.807, 2.05) is 39.0 Å². The lowest BCUT2D eigenvalue weighted by molar-refractivity contribution is -0.123. The van der Waals surface area contributed by atoms with Gasteiger partial charge >= 0.3 is 0 Å². The van der Waals surface area contributed by atoms with Gasteiger partial charge in [-0.25, -0.2) is 5.43 Å². The maximum Gasteiger partial charge on any atom is 0.262 e. The normalized spacial score (nSPS) is 11.8. The van der Waals surface area contributed by atoms with Crippen molar-refractivity contribution in [1.82, 2.24) is 10.7 Å². The van der Waals surface area contributed by atoms with Crippen LogP contribution in [0.5, 0.6) is 17.2 Å². The van der Waals surface area contributed by atoms with Crippen LogP contribution in [-0.4, -0.2) is 44.4 Å². The minimum atomic E-state index is -0.750. The summed E-state index contributed by atoms with van der Waals surface area (Å²) in [7, 11) is 1.56. The van der Waals surface area contributed by atoms with Gasteiger partial charge in [0.05, 0.1) is 26.5 Å². The van der Waals surface area contributed by atoms with E-state index in [2.05, 4.69) is 22.8 Å². The zero-order chi connectivity index (χ0) is 24.9. The second kappa shape index (κ2) is 13.9. The number of hydrazone groups is 1. The third-order valence-electron chi connectivity index (χ3n) is 5.00. The molecule has 1 atom stereocenters. The van der Waals surface area contributed by atoms with Crippen molar-refractivity contribution < 1.29 is 23.8 Å². The smallest absolute Gasteiger partial charge is 0.262 e. The number of amides is 2. The Morgan fingerprint density at radius 3 is 2.38 bits per heavy atom. The number of unbranched alkanes of at least 4 members (excludes halogenated alkanes) is 1. The topological polar surface area (TPSA) is 98.2 Å². The molecule has 2 rings (SSSR count). The van der Waals surface area contributed by atoms with Crippen LogP contribution in [0, 0.1) is 5.92 Å². The summed E-state index contributed by atoms with van der Waals surface area (Å²) >= 11 is 0. The molecule has 0 saturated heterocycles. The van der Waals surface area contributed by atoms with Crippen molar-refractivity contribution in [1.29, 1.82) is 0 Å². The average Bonchev–Trinajstić information content (AvgIpc) is 2.83. The minimum Gasteiger partial charge on any atom is -0.497 e. The first-order valence-electron chi connectivity index (χ1n) is 11.6. The molecular formula is C26H35N3O5. The highest BCUT2D eigenvalue weighted by atomic mass is 16.5. The standard InChI is InChI=1S/C26H35N3O5/c1-6-8-15-34-22-14-9-19(16-23(22)33-7-2)17-27-29-26(31)24(18(3)4)28-25(30)20-10-12-21(32-5)13-11-20/h9-14,16-18,24H,6-8,15H2,1-5H3,(H,28,30)(H,29,31). The van der Waals surface area contributed by atoms with Crippen molar-refractivity contribution in [3.05, 3.63) is 53.6 Å². The summed E-state index contributed by atoms with van der Waals surface area (Å²) in [5, 5.41) is 6.84. The van der Waals surface area contributed by atoms with Crippen molar-refractivity contribution in [2.45, 2.75) is 46.6 Å². The molecule has 2 aromatic carbocycles. The zero-order valence-electron chi connectivity index (χ0n) is 20.6. The van der Waals surface area contributed by atoms with Crippen LogP contribution in [0.25, 0.3) is 0 Å². The van der Waals surface area contributed by atoms with E-state index < -0.39 is 11.9 Å². The molecule has 0 aliphatic heterocycles. The Labute approximate surface area is 201 Å². The highest BCUT2D eigenvalue weighted by molar-refractivity contribution is 5.97. The first-order valence-corrected chi connectivity index (χ1v) is 11.6. The summed E-state index contributed by atoms with van der Waals surface area (Å²) in [4.78, 5) is 25.3. The lowest BCUT2D eigenvalue weighted by Crippen LogP contribution is -2.48. The summed E-state index contributed by atoms with van der Waals surface area (Å²) in [6, 6.07) is 11.4. The molecule has 34 heavy (non-hydrogen) atoms. The SMILES string of the molecule is CCCCOc1ccc(C=NNC(=O)C(NC(=O)c2ccc(OC)cc2)C(C)C)cc1OCC. The van der Waals surface area contributed by atoms with Gasteiger partial charge in [-0.2, -0.15) is 5.10 Å². The van der Waals surface area contributed by atoms with Gasteiger partial charge in [-0.05, 0) is 67.3 Å². The molecule has 0 spiro atoms. The van der Waals surface area contributed by atoms with Gasteiger partial charge in [0.25, 0.3) is 11.8 Å².